The van der Waals surface area contributed by atoms with Crippen LogP contribution in [0.25, 0.3) is 0 Å². The molecule has 0 spiro atoms. The molecule has 0 aromatic heterocycles. The Kier molecular flexibility index (Phi) is 5.11. The number of nitrogens with one attached hydrogen (secondary N) is 1. The Labute approximate surface area is 129 Å². The van der Waals surface area contributed by atoms with Gasteiger partial charge in [0, 0.05) is 31.7 Å². The number of rotatable bonds is 2. The van der Waals surface area contributed by atoms with Crippen molar-refractivity contribution in [2.45, 2.75) is 58.7 Å². The van der Waals surface area contributed by atoms with Gasteiger partial charge in [-0.15, -0.1) is 12.4 Å². The molecule has 2 nitrogen and oxygen atoms in total. The highest BCUT2D eigenvalue weighted by molar-refractivity contribution is 5.85. The van der Waals surface area contributed by atoms with Crippen molar-refractivity contribution >= 4 is 12.4 Å². The quantitative estimate of drug-likeness (QED) is 0.900. The molecule has 112 valence electrons. The number of benzene rings is 1. The Hall–Kier alpha value is -0.570. The van der Waals surface area contributed by atoms with Gasteiger partial charge >= 0.3 is 0 Å². The van der Waals surface area contributed by atoms with Gasteiger partial charge in [-0.2, -0.15) is 0 Å². The van der Waals surface area contributed by atoms with Gasteiger partial charge in [0.05, 0.1) is 0 Å². The zero-order valence-electron chi connectivity index (χ0n) is 12.9. The van der Waals surface area contributed by atoms with Gasteiger partial charge in [-0.05, 0) is 56.7 Å². The molecule has 0 saturated carbocycles. The highest BCUT2D eigenvalue weighted by atomic mass is 35.5. The first-order chi connectivity index (χ1) is 9.11. The van der Waals surface area contributed by atoms with Crippen molar-refractivity contribution in [3.63, 3.8) is 0 Å². The fraction of sp³-hybridized carbons (Fsp3) is 0.647. The number of fused-ring (bicyclic) bond motifs is 2. The number of hydrogen-bond acceptors (Lipinski definition) is 2. The van der Waals surface area contributed by atoms with Crippen molar-refractivity contribution < 1.29 is 0 Å². The zero-order chi connectivity index (χ0) is 13.4. The van der Waals surface area contributed by atoms with Crippen molar-refractivity contribution in [1.29, 1.82) is 0 Å². The summed E-state index contributed by atoms with van der Waals surface area (Å²) in [6, 6.07) is 6.17. The highest BCUT2D eigenvalue weighted by Gasteiger charge is 2.29. The van der Waals surface area contributed by atoms with Gasteiger partial charge in [0.15, 0.2) is 0 Å². The van der Waals surface area contributed by atoms with Crippen molar-refractivity contribution in [2.24, 2.45) is 0 Å². The lowest BCUT2D eigenvalue weighted by Gasteiger charge is -2.25. The summed E-state index contributed by atoms with van der Waals surface area (Å²) in [7, 11) is 0. The summed E-state index contributed by atoms with van der Waals surface area (Å²) in [5, 5.41) is 3.77. The van der Waals surface area contributed by atoms with E-state index in [0.717, 1.165) is 18.6 Å². The number of aryl methyl sites for hydroxylation is 3. The van der Waals surface area contributed by atoms with Crippen LogP contribution >= 0.6 is 12.4 Å². The lowest BCUT2D eigenvalue weighted by molar-refractivity contribution is 0.250. The minimum Gasteiger partial charge on any atom is -0.310 e. The Morgan fingerprint density at radius 1 is 1.05 bits per heavy atom. The third-order valence-electron chi connectivity index (χ3n) is 4.83. The van der Waals surface area contributed by atoms with Crippen molar-refractivity contribution in [3.8, 4) is 0 Å². The van der Waals surface area contributed by atoms with Crippen LogP contribution in [0, 0.1) is 20.8 Å². The SMILES string of the molecule is Cc1cc(C)c(CN2CCC3CCC(C2)N3)c(C)c1.Cl. The summed E-state index contributed by atoms with van der Waals surface area (Å²) in [6.07, 6.45) is 4.08. The zero-order valence-corrected chi connectivity index (χ0v) is 13.7. The molecule has 0 amide bonds. The molecule has 0 aliphatic carbocycles. The van der Waals surface area contributed by atoms with E-state index in [1.54, 1.807) is 5.56 Å². The fourth-order valence-corrected chi connectivity index (χ4v) is 3.84. The molecule has 1 N–H and O–H groups in total. The molecule has 3 rings (SSSR count). The van der Waals surface area contributed by atoms with Crippen LogP contribution in [0.15, 0.2) is 12.1 Å². The lowest BCUT2D eigenvalue weighted by Crippen LogP contribution is -2.35. The second-order valence-corrected chi connectivity index (χ2v) is 6.54. The van der Waals surface area contributed by atoms with Crippen LogP contribution in [0.5, 0.6) is 0 Å². The molecular weight excluding hydrogens is 268 g/mol. The van der Waals surface area contributed by atoms with Gasteiger partial charge in [0.1, 0.15) is 0 Å². The van der Waals surface area contributed by atoms with Crippen LogP contribution < -0.4 is 5.32 Å². The maximum Gasteiger partial charge on any atom is 0.0239 e. The first kappa shape index (κ1) is 15.8. The van der Waals surface area contributed by atoms with Gasteiger partial charge in [-0.25, -0.2) is 0 Å². The van der Waals surface area contributed by atoms with Crippen LogP contribution in [0.3, 0.4) is 0 Å². The second kappa shape index (κ2) is 6.46. The fourth-order valence-electron chi connectivity index (χ4n) is 3.84. The molecular formula is C17H27ClN2. The first-order valence-corrected chi connectivity index (χ1v) is 7.67. The Bertz CT molecular complexity index is 449. The maximum absolute atomic E-state index is 3.77. The van der Waals surface area contributed by atoms with Gasteiger partial charge in [0.2, 0.25) is 0 Å². The predicted octanol–water partition coefficient (Wildman–Crippen LogP) is 3.36. The first-order valence-electron chi connectivity index (χ1n) is 7.67. The largest absolute Gasteiger partial charge is 0.310 e. The average molecular weight is 295 g/mol. The molecule has 2 aliphatic heterocycles. The predicted molar refractivity (Wildman–Crippen MR) is 87.7 cm³/mol. The normalized spacial score (nSPS) is 26.1. The van der Waals surface area contributed by atoms with E-state index in [4.69, 9.17) is 0 Å². The molecule has 2 unspecified atom stereocenters. The van der Waals surface area contributed by atoms with E-state index >= 15 is 0 Å². The van der Waals surface area contributed by atoms with Crippen molar-refractivity contribution in [2.75, 3.05) is 13.1 Å². The summed E-state index contributed by atoms with van der Waals surface area (Å²) in [6.45, 7) is 10.3. The summed E-state index contributed by atoms with van der Waals surface area (Å²) < 4.78 is 0. The van der Waals surface area contributed by atoms with Crippen LogP contribution in [0.2, 0.25) is 0 Å². The number of halogens is 1. The average Bonchev–Trinajstić information content (AvgIpc) is 2.66. The van der Waals surface area contributed by atoms with Gasteiger partial charge in [-0.3, -0.25) is 4.90 Å². The Balaban J connectivity index is 0.00000147. The summed E-state index contributed by atoms with van der Waals surface area (Å²) in [5.74, 6) is 0. The number of hydrogen-bond donors (Lipinski definition) is 1. The van der Waals surface area contributed by atoms with E-state index in [0.29, 0.717) is 0 Å². The Morgan fingerprint density at radius 2 is 1.70 bits per heavy atom. The maximum atomic E-state index is 3.77. The van der Waals surface area contributed by atoms with E-state index in [2.05, 4.69) is 43.1 Å². The van der Waals surface area contributed by atoms with Crippen molar-refractivity contribution in [1.82, 2.24) is 10.2 Å². The molecule has 2 fully saturated rings. The number of likely N-dealkylation sites (tertiary alicyclic amines) is 1. The lowest BCUT2D eigenvalue weighted by atomic mass is 9.98. The second-order valence-electron chi connectivity index (χ2n) is 6.54. The molecule has 2 atom stereocenters. The minimum absolute atomic E-state index is 0. The molecule has 1 aromatic carbocycles. The molecule has 0 radical (unpaired) electrons. The molecule has 2 bridgehead atoms. The Morgan fingerprint density at radius 3 is 2.40 bits per heavy atom. The standard InChI is InChI=1S/C17H26N2.ClH/c1-12-8-13(2)17(14(3)9-12)11-19-7-6-15-4-5-16(10-19)18-15;/h8-9,15-16,18H,4-7,10-11H2,1-3H3;1H. The summed E-state index contributed by atoms with van der Waals surface area (Å²) >= 11 is 0. The molecule has 2 heterocycles. The van der Waals surface area contributed by atoms with Gasteiger partial charge in [0.25, 0.3) is 0 Å². The molecule has 2 saturated heterocycles. The molecule has 1 aromatic rings. The van der Waals surface area contributed by atoms with E-state index in [1.165, 1.54) is 49.0 Å². The third kappa shape index (κ3) is 3.36. The molecule has 2 aliphatic rings. The van der Waals surface area contributed by atoms with E-state index in [1.807, 2.05) is 0 Å². The van der Waals surface area contributed by atoms with Crippen LogP contribution in [-0.2, 0) is 6.54 Å². The summed E-state index contributed by atoms with van der Waals surface area (Å²) in [5.41, 5.74) is 5.85. The molecule has 3 heteroatoms. The monoisotopic (exact) mass is 294 g/mol. The van der Waals surface area contributed by atoms with E-state index < -0.39 is 0 Å². The van der Waals surface area contributed by atoms with Gasteiger partial charge in [-0.1, -0.05) is 17.7 Å². The smallest absolute Gasteiger partial charge is 0.0239 e. The van der Waals surface area contributed by atoms with Crippen LogP contribution in [0.4, 0.5) is 0 Å². The highest BCUT2D eigenvalue weighted by Crippen LogP contribution is 2.24. The van der Waals surface area contributed by atoms with Gasteiger partial charge < -0.3 is 5.32 Å². The third-order valence-corrected chi connectivity index (χ3v) is 4.83. The topological polar surface area (TPSA) is 15.3 Å². The minimum atomic E-state index is 0. The summed E-state index contributed by atoms with van der Waals surface area (Å²) in [4.78, 5) is 2.65. The van der Waals surface area contributed by atoms with E-state index in [9.17, 15) is 0 Å². The van der Waals surface area contributed by atoms with E-state index in [-0.39, 0.29) is 12.4 Å². The molecule has 20 heavy (non-hydrogen) atoms. The van der Waals surface area contributed by atoms with Crippen LogP contribution in [-0.4, -0.2) is 30.1 Å². The van der Waals surface area contributed by atoms with Crippen molar-refractivity contribution in [3.05, 3.63) is 34.4 Å². The number of nitrogens with zero attached hydrogens (tertiary/aromatic N) is 1. The van der Waals surface area contributed by atoms with Crippen LogP contribution in [0.1, 0.15) is 41.5 Å².